The summed E-state index contributed by atoms with van der Waals surface area (Å²) < 4.78 is 5.08. The van der Waals surface area contributed by atoms with Crippen molar-refractivity contribution in [3.05, 3.63) is 60.1 Å². The third-order valence-electron chi connectivity index (χ3n) is 5.78. The lowest BCUT2D eigenvalue weighted by Gasteiger charge is -2.52. The van der Waals surface area contributed by atoms with Crippen molar-refractivity contribution in [2.24, 2.45) is 5.92 Å². The Hall–Kier alpha value is -2.07. The summed E-state index contributed by atoms with van der Waals surface area (Å²) in [4.78, 5) is 14.8. The van der Waals surface area contributed by atoms with Crippen LogP contribution in [0.2, 0.25) is 0 Å². The van der Waals surface area contributed by atoms with Gasteiger partial charge in [-0.05, 0) is 30.9 Å². The van der Waals surface area contributed by atoms with Crippen molar-refractivity contribution in [1.82, 2.24) is 4.90 Å². The van der Waals surface area contributed by atoms with Crippen molar-refractivity contribution >= 4 is 5.91 Å². The molecule has 4 rings (SSSR count). The number of nitrogens with zero attached hydrogens (tertiary/aromatic N) is 1. The fourth-order valence-electron chi connectivity index (χ4n) is 4.57. The molecule has 1 amide bonds. The van der Waals surface area contributed by atoms with Crippen molar-refractivity contribution in [1.29, 1.82) is 0 Å². The van der Waals surface area contributed by atoms with Gasteiger partial charge >= 0.3 is 0 Å². The molecule has 2 heterocycles. The van der Waals surface area contributed by atoms with Gasteiger partial charge in [0, 0.05) is 18.5 Å². The Morgan fingerprint density at radius 1 is 1.17 bits per heavy atom. The fourth-order valence-corrected chi connectivity index (χ4v) is 4.57. The maximum Gasteiger partial charge on any atom is 0.257 e. The molecule has 1 aliphatic heterocycles. The number of amides is 1. The quantitative estimate of drug-likeness (QED) is 0.918. The highest BCUT2D eigenvalue weighted by atomic mass is 16.3. The largest absolute Gasteiger partial charge is 0.472 e. The van der Waals surface area contributed by atoms with Crippen LogP contribution < -0.4 is 0 Å². The van der Waals surface area contributed by atoms with E-state index in [9.17, 15) is 9.90 Å². The predicted molar refractivity (Wildman–Crippen MR) is 90.4 cm³/mol. The predicted octanol–water partition coefficient (Wildman–Crippen LogP) is 3.57. The second-order valence-electron chi connectivity index (χ2n) is 7.01. The molecule has 1 aliphatic carbocycles. The minimum atomic E-state index is -0.834. The smallest absolute Gasteiger partial charge is 0.257 e. The Morgan fingerprint density at radius 3 is 2.71 bits per heavy atom. The lowest BCUT2D eigenvalue weighted by molar-refractivity contribution is -0.110. The summed E-state index contributed by atoms with van der Waals surface area (Å²) in [6.07, 6.45) is 7.79. The van der Waals surface area contributed by atoms with E-state index < -0.39 is 5.60 Å². The summed E-state index contributed by atoms with van der Waals surface area (Å²) in [6, 6.07) is 11.8. The first-order valence-corrected chi connectivity index (χ1v) is 8.81. The van der Waals surface area contributed by atoms with Crippen LogP contribution in [0.4, 0.5) is 0 Å². The highest BCUT2D eigenvalue weighted by Gasteiger charge is 2.50. The molecule has 1 aromatic carbocycles. The topological polar surface area (TPSA) is 53.7 Å². The van der Waals surface area contributed by atoms with Gasteiger partial charge in [-0.15, -0.1) is 0 Å². The van der Waals surface area contributed by atoms with Gasteiger partial charge in [-0.2, -0.15) is 0 Å². The van der Waals surface area contributed by atoms with Gasteiger partial charge in [0.25, 0.3) is 5.91 Å². The van der Waals surface area contributed by atoms with E-state index in [1.54, 1.807) is 6.07 Å². The Kier molecular flexibility index (Phi) is 3.93. The van der Waals surface area contributed by atoms with Crippen LogP contribution >= 0.6 is 0 Å². The number of carbonyl (C=O) groups is 1. The van der Waals surface area contributed by atoms with Crippen LogP contribution in [-0.2, 0) is 5.60 Å². The average molecular weight is 325 g/mol. The third kappa shape index (κ3) is 2.46. The monoisotopic (exact) mass is 325 g/mol. The van der Waals surface area contributed by atoms with Gasteiger partial charge in [0.2, 0.25) is 0 Å². The van der Waals surface area contributed by atoms with E-state index in [2.05, 4.69) is 0 Å². The van der Waals surface area contributed by atoms with E-state index in [1.165, 1.54) is 12.5 Å². The van der Waals surface area contributed by atoms with Gasteiger partial charge in [-0.25, -0.2) is 0 Å². The summed E-state index contributed by atoms with van der Waals surface area (Å²) in [7, 11) is 0. The molecule has 1 saturated carbocycles. The van der Waals surface area contributed by atoms with Crippen molar-refractivity contribution < 1.29 is 14.3 Å². The molecular formula is C20H23NO3. The number of rotatable bonds is 2. The van der Waals surface area contributed by atoms with E-state index in [1.807, 2.05) is 35.2 Å². The maximum absolute atomic E-state index is 12.8. The number of fused-ring (bicyclic) bond motifs is 1. The molecule has 0 bridgehead atoms. The molecule has 2 fully saturated rings. The first-order valence-electron chi connectivity index (χ1n) is 8.81. The van der Waals surface area contributed by atoms with Gasteiger partial charge in [-0.3, -0.25) is 4.79 Å². The van der Waals surface area contributed by atoms with Crippen LogP contribution in [0.1, 0.15) is 48.0 Å². The fraction of sp³-hybridized carbons (Fsp3) is 0.450. The number of hydrogen-bond acceptors (Lipinski definition) is 3. The minimum absolute atomic E-state index is 0.0239. The van der Waals surface area contributed by atoms with E-state index in [-0.39, 0.29) is 17.9 Å². The summed E-state index contributed by atoms with van der Waals surface area (Å²) in [5.74, 6) is 0.119. The first kappa shape index (κ1) is 15.5. The Balaban J connectivity index is 1.66. The normalized spacial score (nSPS) is 30.0. The molecule has 0 unspecified atom stereocenters. The molecule has 24 heavy (non-hydrogen) atoms. The number of benzene rings is 1. The molecular weight excluding hydrogens is 302 g/mol. The number of furan rings is 1. The van der Waals surface area contributed by atoms with Crippen LogP contribution in [0.15, 0.2) is 53.3 Å². The van der Waals surface area contributed by atoms with Crippen molar-refractivity contribution in [2.75, 3.05) is 6.54 Å². The molecule has 1 saturated heterocycles. The number of aliphatic hydroxyl groups is 1. The van der Waals surface area contributed by atoms with Gasteiger partial charge in [0.15, 0.2) is 0 Å². The average Bonchev–Trinajstić information content (AvgIpc) is 3.17. The van der Waals surface area contributed by atoms with Crippen LogP contribution in [0.3, 0.4) is 0 Å². The minimum Gasteiger partial charge on any atom is -0.472 e. The van der Waals surface area contributed by atoms with E-state index >= 15 is 0 Å². The van der Waals surface area contributed by atoms with Gasteiger partial charge < -0.3 is 14.4 Å². The van der Waals surface area contributed by atoms with Gasteiger partial charge in [0.1, 0.15) is 6.26 Å². The highest BCUT2D eigenvalue weighted by Crippen LogP contribution is 2.47. The highest BCUT2D eigenvalue weighted by molar-refractivity contribution is 5.94. The molecule has 4 heteroatoms. The van der Waals surface area contributed by atoms with E-state index in [4.69, 9.17) is 4.42 Å². The molecule has 4 nitrogen and oxygen atoms in total. The van der Waals surface area contributed by atoms with Crippen LogP contribution in [0, 0.1) is 5.92 Å². The van der Waals surface area contributed by atoms with Crippen molar-refractivity contribution in [3.63, 3.8) is 0 Å². The molecule has 2 aliphatic rings. The van der Waals surface area contributed by atoms with Crippen molar-refractivity contribution in [2.45, 2.75) is 43.7 Å². The SMILES string of the molecule is O=C(c1ccoc1)N1CC[C@](O)(c2ccccc2)[C@@H]2CCCC[C@H]21. The molecule has 0 radical (unpaired) electrons. The lowest BCUT2D eigenvalue weighted by atomic mass is 9.66. The summed E-state index contributed by atoms with van der Waals surface area (Å²) in [5, 5.41) is 11.5. The molecule has 1 aromatic heterocycles. The number of piperidine rings is 1. The van der Waals surface area contributed by atoms with E-state index in [0.29, 0.717) is 18.5 Å². The zero-order valence-corrected chi connectivity index (χ0v) is 13.7. The van der Waals surface area contributed by atoms with Crippen LogP contribution in [0.25, 0.3) is 0 Å². The summed E-state index contributed by atoms with van der Waals surface area (Å²) in [6.45, 7) is 0.580. The molecule has 0 spiro atoms. The zero-order chi connectivity index (χ0) is 16.6. The lowest BCUT2D eigenvalue weighted by Crippen LogP contribution is -2.58. The second kappa shape index (κ2) is 6.10. The summed E-state index contributed by atoms with van der Waals surface area (Å²) >= 11 is 0. The first-order chi connectivity index (χ1) is 11.7. The van der Waals surface area contributed by atoms with Gasteiger partial charge in [-0.1, -0.05) is 43.2 Å². The second-order valence-corrected chi connectivity index (χ2v) is 7.01. The Bertz CT molecular complexity index is 697. The Morgan fingerprint density at radius 2 is 1.96 bits per heavy atom. The van der Waals surface area contributed by atoms with Crippen LogP contribution in [0.5, 0.6) is 0 Å². The maximum atomic E-state index is 12.8. The Labute approximate surface area is 142 Å². The zero-order valence-electron chi connectivity index (χ0n) is 13.7. The molecule has 126 valence electrons. The third-order valence-corrected chi connectivity index (χ3v) is 5.78. The molecule has 3 atom stereocenters. The van der Waals surface area contributed by atoms with Gasteiger partial charge in [0.05, 0.1) is 17.4 Å². The molecule has 1 N–H and O–H groups in total. The van der Waals surface area contributed by atoms with Crippen molar-refractivity contribution in [3.8, 4) is 0 Å². The van der Waals surface area contributed by atoms with E-state index in [0.717, 1.165) is 31.2 Å². The number of hydrogen-bond donors (Lipinski definition) is 1. The molecule has 2 aromatic rings. The summed E-state index contributed by atoms with van der Waals surface area (Å²) in [5.41, 5.74) is 0.751. The number of likely N-dealkylation sites (tertiary alicyclic amines) is 1. The number of carbonyl (C=O) groups excluding carboxylic acids is 1. The van der Waals surface area contributed by atoms with Crippen LogP contribution in [-0.4, -0.2) is 28.5 Å². The standard InChI is InChI=1S/C20H23NO3/c22-19(15-10-13-24-14-15)21-12-11-20(23,16-6-2-1-3-7-16)17-8-4-5-9-18(17)21/h1-3,6-7,10,13-14,17-18,23H,4-5,8-9,11-12H2/t17-,18-,20+/m1/s1.